The van der Waals surface area contributed by atoms with Crippen molar-refractivity contribution in [2.45, 2.75) is 12.5 Å². The van der Waals surface area contributed by atoms with Crippen LogP contribution < -0.4 is 4.74 Å². The summed E-state index contributed by atoms with van der Waals surface area (Å²) in [4.78, 5) is 0. The summed E-state index contributed by atoms with van der Waals surface area (Å²) >= 11 is 0. The van der Waals surface area contributed by atoms with E-state index in [1.807, 2.05) is 0 Å². The van der Waals surface area contributed by atoms with Crippen LogP contribution in [0.15, 0.2) is 48.5 Å². The van der Waals surface area contributed by atoms with Gasteiger partial charge in [-0.15, -0.1) is 0 Å². The largest absolute Gasteiger partial charge is 0.483 e. The van der Waals surface area contributed by atoms with E-state index in [1.54, 1.807) is 6.07 Å². The predicted octanol–water partition coefficient (Wildman–Crippen LogP) is 3.49. The maximum Gasteiger partial charge on any atom is 0.306 e. The first kappa shape index (κ1) is 14.4. The fourth-order valence-electron chi connectivity index (χ4n) is 1.77. The van der Waals surface area contributed by atoms with Crippen LogP contribution in [0.2, 0.25) is 0 Å². The summed E-state index contributed by atoms with van der Waals surface area (Å²) < 4.78 is 46.2. The van der Waals surface area contributed by atoms with Crippen LogP contribution >= 0.6 is 0 Å². The van der Waals surface area contributed by atoms with Gasteiger partial charge in [0.1, 0.15) is 0 Å². The highest BCUT2D eigenvalue weighted by molar-refractivity contribution is 5.34. The molecule has 0 heterocycles. The maximum atomic E-state index is 13.9. The summed E-state index contributed by atoms with van der Waals surface area (Å²) in [5, 5.41) is 9.06. The maximum absolute atomic E-state index is 13.9. The first-order chi connectivity index (χ1) is 9.54. The van der Waals surface area contributed by atoms with E-state index < -0.39 is 25.0 Å². The second-order valence-corrected chi connectivity index (χ2v) is 4.25. The average molecular weight is 282 g/mol. The number of aliphatic hydroxyl groups excluding tert-OH is 1. The molecule has 2 nitrogen and oxygen atoms in total. The van der Waals surface area contributed by atoms with Crippen LogP contribution in [0, 0.1) is 5.82 Å². The summed E-state index contributed by atoms with van der Waals surface area (Å²) in [5.41, 5.74) is -0.0734. The number of alkyl halides is 2. The van der Waals surface area contributed by atoms with E-state index in [-0.39, 0.29) is 16.9 Å². The Morgan fingerprint density at radius 1 is 1.00 bits per heavy atom. The Hall–Kier alpha value is -2.01. The lowest BCUT2D eigenvalue weighted by Gasteiger charge is -2.18. The number of rotatable bonds is 5. The molecule has 2 aromatic rings. The van der Waals surface area contributed by atoms with E-state index >= 15 is 0 Å². The van der Waals surface area contributed by atoms with Crippen molar-refractivity contribution in [3.63, 3.8) is 0 Å². The molecule has 0 unspecified atom stereocenters. The Bertz CT molecular complexity index is 571. The zero-order valence-electron chi connectivity index (χ0n) is 10.5. The van der Waals surface area contributed by atoms with Crippen LogP contribution in [0.4, 0.5) is 13.2 Å². The summed E-state index contributed by atoms with van der Waals surface area (Å²) in [6.07, 6.45) is 0. The predicted molar refractivity (Wildman–Crippen MR) is 68.2 cm³/mol. The highest BCUT2D eigenvalue weighted by atomic mass is 19.3. The molecule has 2 aromatic carbocycles. The number of halogens is 3. The normalized spacial score (nSPS) is 11.4. The van der Waals surface area contributed by atoms with Gasteiger partial charge < -0.3 is 9.84 Å². The Morgan fingerprint density at radius 3 is 2.35 bits per heavy atom. The van der Waals surface area contributed by atoms with Crippen molar-refractivity contribution in [3.8, 4) is 5.75 Å². The van der Waals surface area contributed by atoms with E-state index in [9.17, 15) is 13.2 Å². The Balaban J connectivity index is 2.17. The minimum atomic E-state index is -3.24. The summed E-state index contributed by atoms with van der Waals surface area (Å²) in [6, 6.07) is 11.0. The van der Waals surface area contributed by atoms with Gasteiger partial charge in [-0.1, -0.05) is 42.5 Å². The van der Waals surface area contributed by atoms with Crippen LogP contribution in [-0.4, -0.2) is 11.7 Å². The SMILES string of the molecule is OCc1cccc(F)c1OCC(F)(F)c1ccccc1. The summed E-state index contributed by atoms with van der Waals surface area (Å²) in [5.74, 6) is -4.36. The van der Waals surface area contributed by atoms with Crippen LogP contribution in [0.5, 0.6) is 5.75 Å². The van der Waals surface area contributed by atoms with E-state index in [4.69, 9.17) is 9.84 Å². The van der Waals surface area contributed by atoms with Crippen molar-refractivity contribution in [1.29, 1.82) is 0 Å². The molecule has 20 heavy (non-hydrogen) atoms. The molecule has 1 N–H and O–H groups in total. The average Bonchev–Trinajstić information content (AvgIpc) is 2.46. The van der Waals surface area contributed by atoms with Gasteiger partial charge in [0, 0.05) is 11.1 Å². The van der Waals surface area contributed by atoms with Crippen molar-refractivity contribution < 1.29 is 23.0 Å². The molecule has 0 spiro atoms. The third kappa shape index (κ3) is 3.11. The molecule has 5 heteroatoms. The third-order valence-electron chi connectivity index (χ3n) is 2.81. The Morgan fingerprint density at radius 2 is 1.70 bits per heavy atom. The van der Waals surface area contributed by atoms with Crippen LogP contribution in [0.3, 0.4) is 0 Å². The lowest BCUT2D eigenvalue weighted by atomic mass is 10.1. The number of para-hydroxylation sites is 1. The molecular formula is C15H13F3O2. The fraction of sp³-hybridized carbons (Fsp3) is 0.200. The van der Waals surface area contributed by atoms with Crippen molar-refractivity contribution in [2.24, 2.45) is 0 Å². The molecule has 0 aliphatic carbocycles. The van der Waals surface area contributed by atoms with Gasteiger partial charge in [0.15, 0.2) is 18.2 Å². The van der Waals surface area contributed by atoms with E-state index in [2.05, 4.69) is 0 Å². The van der Waals surface area contributed by atoms with Gasteiger partial charge in [0.2, 0.25) is 0 Å². The second-order valence-electron chi connectivity index (χ2n) is 4.25. The van der Waals surface area contributed by atoms with Crippen molar-refractivity contribution in [3.05, 3.63) is 65.5 Å². The molecule has 2 rings (SSSR count). The van der Waals surface area contributed by atoms with Gasteiger partial charge in [0.05, 0.1) is 6.61 Å². The first-order valence-electron chi connectivity index (χ1n) is 5.99. The van der Waals surface area contributed by atoms with Crippen molar-refractivity contribution >= 4 is 0 Å². The van der Waals surface area contributed by atoms with E-state index in [1.165, 1.54) is 36.4 Å². The summed E-state index contributed by atoms with van der Waals surface area (Å²) in [6.45, 7) is -1.48. The molecule has 0 saturated carbocycles. The molecular weight excluding hydrogens is 269 g/mol. The number of hydrogen-bond donors (Lipinski definition) is 1. The summed E-state index contributed by atoms with van der Waals surface area (Å²) in [7, 11) is 0. The topological polar surface area (TPSA) is 29.5 Å². The lowest BCUT2D eigenvalue weighted by Crippen LogP contribution is -2.23. The molecule has 0 saturated heterocycles. The van der Waals surface area contributed by atoms with Crippen molar-refractivity contribution in [2.75, 3.05) is 6.61 Å². The smallest absolute Gasteiger partial charge is 0.306 e. The molecule has 0 atom stereocenters. The lowest BCUT2D eigenvalue weighted by molar-refractivity contribution is -0.0480. The quantitative estimate of drug-likeness (QED) is 0.909. The zero-order chi connectivity index (χ0) is 14.6. The zero-order valence-corrected chi connectivity index (χ0v) is 10.5. The van der Waals surface area contributed by atoms with Crippen LogP contribution in [-0.2, 0) is 12.5 Å². The number of ether oxygens (including phenoxy) is 1. The highest BCUT2D eigenvalue weighted by Crippen LogP contribution is 2.30. The van der Waals surface area contributed by atoms with Gasteiger partial charge in [0.25, 0.3) is 0 Å². The van der Waals surface area contributed by atoms with E-state index in [0.717, 1.165) is 6.07 Å². The fourth-order valence-corrected chi connectivity index (χ4v) is 1.77. The third-order valence-corrected chi connectivity index (χ3v) is 2.81. The van der Waals surface area contributed by atoms with Crippen molar-refractivity contribution in [1.82, 2.24) is 0 Å². The molecule has 0 fully saturated rings. The highest BCUT2D eigenvalue weighted by Gasteiger charge is 2.33. The Labute approximate surface area is 114 Å². The van der Waals surface area contributed by atoms with Gasteiger partial charge in [-0.2, -0.15) is 8.78 Å². The Kier molecular flexibility index (Phi) is 4.29. The molecule has 106 valence electrons. The molecule has 0 radical (unpaired) electrons. The molecule has 0 aliphatic rings. The molecule has 0 aliphatic heterocycles. The number of benzene rings is 2. The standard InChI is InChI=1S/C15H13F3O2/c16-13-8-4-5-11(9-19)14(13)20-10-15(17,18)12-6-2-1-3-7-12/h1-8,19H,9-10H2. The van der Waals surface area contributed by atoms with Crippen LogP contribution in [0.1, 0.15) is 11.1 Å². The number of hydrogen-bond acceptors (Lipinski definition) is 2. The monoisotopic (exact) mass is 282 g/mol. The second kappa shape index (κ2) is 5.96. The van der Waals surface area contributed by atoms with E-state index in [0.29, 0.717) is 0 Å². The first-order valence-corrected chi connectivity index (χ1v) is 5.99. The molecule has 0 amide bonds. The number of aliphatic hydroxyl groups is 1. The minimum absolute atomic E-state index is 0.133. The molecule has 0 aromatic heterocycles. The van der Waals surface area contributed by atoms with Gasteiger partial charge in [-0.3, -0.25) is 0 Å². The van der Waals surface area contributed by atoms with Gasteiger partial charge >= 0.3 is 5.92 Å². The van der Waals surface area contributed by atoms with Gasteiger partial charge in [-0.25, -0.2) is 4.39 Å². The molecule has 0 bridgehead atoms. The van der Waals surface area contributed by atoms with Gasteiger partial charge in [-0.05, 0) is 6.07 Å². The minimum Gasteiger partial charge on any atom is -0.483 e. The van der Waals surface area contributed by atoms with Crippen LogP contribution in [0.25, 0.3) is 0 Å².